The van der Waals surface area contributed by atoms with Crippen LogP contribution < -0.4 is 0 Å². The molecule has 1 aromatic heterocycles. The summed E-state index contributed by atoms with van der Waals surface area (Å²) in [6.45, 7) is 0. The molecule has 43 heavy (non-hydrogen) atoms. The van der Waals surface area contributed by atoms with Crippen LogP contribution in [-0.2, 0) is 0 Å². The van der Waals surface area contributed by atoms with Crippen molar-refractivity contribution in [1.82, 2.24) is 0 Å². The average Bonchev–Trinajstić information content (AvgIpc) is 3.49. The zero-order valence-corrected chi connectivity index (χ0v) is 23.1. The molecule has 1 nitrogen and oxygen atoms in total. The van der Waals surface area contributed by atoms with Crippen LogP contribution in [0.25, 0.3) is 87.6 Å². The minimum absolute atomic E-state index is 0.0492. The van der Waals surface area contributed by atoms with Gasteiger partial charge in [0.2, 0.25) is 0 Å². The largest absolute Gasteiger partial charge is 0.456 e. The molecule has 0 unspecified atom stereocenters. The van der Waals surface area contributed by atoms with Crippen molar-refractivity contribution >= 4 is 54.3 Å². The van der Waals surface area contributed by atoms with Crippen LogP contribution in [0.5, 0.6) is 0 Å². The smallest absolute Gasteiger partial charge is 0.135 e. The third-order valence-corrected chi connectivity index (χ3v) is 8.53. The first-order chi connectivity index (χ1) is 23.0. The number of rotatable bonds is 3. The molecule has 0 bridgehead atoms. The fourth-order valence-corrected chi connectivity index (χ4v) is 6.61. The van der Waals surface area contributed by atoms with E-state index in [0.717, 1.165) is 65.4 Å². The van der Waals surface area contributed by atoms with Gasteiger partial charge in [-0.25, -0.2) is 0 Å². The molecule has 0 spiro atoms. The second-order valence-electron chi connectivity index (χ2n) is 10.9. The lowest BCUT2D eigenvalue weighted by molar-refractivity contribution is 0.669. The van der Waals surface area contributed by atoms with Gasteiger partial charge in [0, 0.05) is 10.8 Å². The first-order valence-corrected chi connectivity index (χ1v) is 14.4. The fraction of sp³-hybridized carbons (Fsp3) is 0. The van der Waals surface area contributed by atoms with Gasteiger partial charge in [-0.2, -0.15) is 0 Å². The van der Waals surface area contributed by atoms with Gasteiger partial charge >= 0.3 is 0 Å². The van der Waals surface area contributed by atoms with Crippen molar-refractivity contribution in [3.63, 3.8) is 0 Å². The lowest BCUT2D eigenvalue weighted by Crippen LogP contribution is -1.91. The molecule has 9 rings (SSSR count). The summed E-state index contributed by atoms with van der Waals surface area (Å²) in [5.41, 5.74) is 5.78. The summed E-state index contributed by atoms with van der Waals surface area (Å²) in [4.78, 5) is 0. The molecule has 9 aromatic rings. The summed E-state index contributed by atoms with van der Waals surface area (Å²) in [6, 6.07) is 44.0. The van der Waals surface area contributed by atoms with Crippen molar-refractivity contribution < 1.29 is 9.90 Å². The Morgan fingerprint density at radius 1 is 0.372 bits per heavy atom. The number of para-hydroxylation sites is 1. The summed E-state index contributed by atoms with van der Waals surface area (Å²) >= 11 is 0. The molecular weight excluding hydrogens is 520 g/mol. The molecule has 0 atom stereocenters. The Balaban J connectivity index is 1.36. The van der Waals surface area contributed by atoms with Gasteiger partial charge in [-0.15, -0.1) is 0 Å². The molecule has 0 saturated heterocycles. The summed E-state index contributed by atoms with van der Waals surface area (Å²) in [5, 5.41) is 7.68. The molecule has 0 aliphatic heterocycles. The quantitative estimate of drug-likeness (QED) is 0.199. The molecule has 0 aliphatic rings. The van der Waals surface area contributed by atoms with Crippen LogP contribution in [0.15, 0.2) is 162 Å². The van der Waals surface area contributed by atoms with Crippen LogP contribution in [0.4, 0.5) is 0 Å². The number of hydrogen-bond donors (Lipinski definition) is 0. The predicted molar refractivity (Wildman–Crippen MR) is 183 cm³/mol. The maximum Gasteiger partial charge on any atom is 0.135 e. The molecule has 0 fully saturated rings. The molecule has 8 aromatic carbocycles. The van der Waals surface area contributed by atoms with Gasteiger partial charge in [0.1, 0.15) is 11.2 Å². The van der Waals surface area contributed by atoms with Gasteiger partial charge < -0.3 is 4.42 Å². The third-order valence-electron chi connectivity index (χ3n) is 8.53. The summed E-state index contributed by atoms with van der Waals surface area (Å²) in [5.74, 6) is 0. The Bertz CT molecular complexity index is 2650. The van der Waals surface area contributed by atoms with Crippen LogP contribution in [0.3, 0.4) is 0 Å². The fourth-order valence-electron chi connectivity index (χ4n) is 6.61. The number of fused-ring (bicyclic) bond motifs is 6. The van der Waals surface area contributed by atoms with Crippen LogP contribution in [0.2, 0.25) is 0 Å². The molecule has 200 valence electrons. The van der Waals surface area contributed by atoms with E-state index in [2.05, 4.69) is 30.3 Å². The average molecular weight is 551 g/mol. The van der Waals surface area contributed by atoms with Gasteiger partial charge in [-0.05, 0) is 83.9 Å². The van der Waals surface area contributed by atoms with E-state index >= 15 is 0 Å². The molecule has 0 amide bonds. The van der Waals surface area contributed by atoms with E-state index in [-0.39, 0.29) is 24.2 Å². The summed E-state index contributed by atoms with van der Waals surface area (Å²) in [6.07, 6.45) is 0. The SMILES string of the molecule is [2H]c1c([2H])c(-c2c3ccccc3c(-c3ccc4oc5ccccc5c4c3)c3ccccc23)c([2H])c([2H])c1-c1cccc2ccccc12. The second-order valence-corrected chi connectivity index (χ2v) is 10.9. The van der Waals surface area contributed by atoms with Crippen molar-refractivity contribution in [3.8, 4) is 33.4 Å². The highest BCUT2D eigenvalue weighted by atomic mass is 16.3. The number of furan rings is 1. The predicted octanol–water partition coefficient (Wildman–Crippen LogP) is 12.0. The third kappa shape index (κ3) is 3.72. The highest BCUT2D eigenvalue weighted by Gasteiger charge is 2.18. The zero-order chi connectivity index (χ0) is 31.8. The first-order valence-electron chi connectivity index (χ1n) is 16.4. The summed E-state index contributed by atoms with van der Waals surface area (Å²) in [7, 11) is 0. The Labute approximate surface area is 254 Å². The molecule has 0 N–H and O–H groups in total. The van der Waals surface area contributed by atoms with Gasteiger partial charge in [-0.3, -0.25) is 0 Å². The Kier molecular flexibility index (Phi) is 4.45. The van der Waals surface area contributed by atoms with Crippen molar-refractivity contribution in [2.24, 2.45) is 0 Å². The summed E-state index contributed by atoms with van der Waals surface area (Å²) < 4.78 is 43.4. The Morgan fingerprint density at radius 3 is 1.58 bits per heavy atom. The highest BCUT2D eigenvalue weighted by Crippen LogP contribution is 2.45. The second kappa shape index (κ2) is 9.44. The Hall–Kier alpha value is -5.66. The van der Waals surface area contributed by atoms with Crippen LogP contribution in [-0.4, -0.2) is 0 Å². The van der Waals surface area contributed by atoms with Gasteiger partial charge in [0.15, 0.2) is 0 Å². The maximum absolute atomic E-state index is 9.38. The van der Waals surface area contributed by atoms with E-state index in [1.54, 1.807) is 0 Å². The number of hydrogen-bond acceptors (Lipinski definition) is 1. The van der Waals surface area contributed by atoms with Crippen LogP contribution in [0, 0.1) is 0 Å². The van der Waals surface area contributed by atoms with Crippen LogP contribution >= 0.6 is 0 Å². The van der Waals surface area contributed by atoms with Crippen molar-refractivity contribution in [1.29, 1.82) is 0 Å². The van der Waals surface area contributed by atoms with Crippen molar-refractivity contribution in [2.75, 3.05) is 0 Å². The topological polar surface area (TPSA) is 13.1 Å². The molecule has 0 saturated carbocycles. The normalized spacial score (nSPS) is 13.0. The van der Waals surface area contributed by atoms with E-state index in [1.807, 2.05) is 103 Å². The molecular formula is C42H26O. The van der Waals surface area contributed by atoms with Gasteiger partial charge in [-0.1, -0.05) is 139 Å². The number of benzene rings is 8. The first kappa shape index (κ1) is 20.3. The van der Waals surface area contributed by atoms with Crippen molar-refractivity contribution in [2.45, 2.75) is 0 Å². The van der Waals surface area contributed by atoms with Gasteiger partial charge in [0.05, 0.1) is 5.48 Å². The Morgan fingerprint density at radius 2 is 0.884 bits per heavy atom. The standard InChI is InChI=1S/C42H26O/c1-2-12-31-27(10-1)11-9-18-32(31)28-20-22-29(23-21-28)41-34-14-3-5-16-36(34)42(37-17-6-4-15-35(37)41)30-24-25-40-38(26-30)33-13-7-8-19-39(33)43-40/h1-26H/i20D,21D,22D,23D. The van der Waals surface area contributed by atoms with E-state index in [4.69, 9.17) is 4.42 Å². The van der Waals surface area contributed by atoms with Crippen molar-refractivity contribution in [3.05, 3.63) is 158 Å². The molecule has 0 radical (unpaired) electrons. The molecule has 0 aliphatic carbocycles. The lowest BCUT2D eigenvalue weighted by Gasteiger charge is -2.18. The van der Waals surface area contributed by atoms with E-state index in [9.17, 15) is 5.48 Å². The van der Waals surface area contributed by atoms with Gasteiger partial charge in [0.25, 0.3) is 0 Å². The van der Waals surface area contributed by atoms with Crippen LogP contribution in [0.1, 0.15) is 5.48 Å². The lowest BCUT2D eigenvalue weighted by atomic mass is 9.85. The monoisotopic (exact) mass is 550 g/mol. The highest BCUT2D eigenvalue weighted by molar-refractivity contribution is 6.22. The minimum atomic E-state index is -0.0525. The van der Waals surface area contributed by atoms with E-state index in [0.29, 0.717) is 22.3 Å². The molecule has 1 heteroatoms. The zero-order valence-electron chi connectivity index (χ0n) is 27.1. The maximum atomic E-state index is 9.38. The van der Waals surface area contributed by atoms with E-state index < -0.39 is 0 Å². The molecule has 1 heterocycles. The van der Waals surface area contributed by atoms with E-state index in [1.165, 1.54) is 0 Å². The minimum Gasteiger partial charge on any atom is -0.456 e.